The molecule has 164 valence electrons. The number of pyridine rings is 1. The minimum Gasteiger partial charge on any atom is -0.497 e. The first-order valence-corrected chi connectivity index (χ1v) is 10.8. The van der Waals surface area contributed by atoms with Gasteiger partial charge in [0.05, 0.1) is 24.5 Å². The number of carbonyl (C=O) groups is 1. The maximum Gasteiger partial charge on any atom is 0.270 e. The van der Waals surface area contributed by atoms with E-state index in [4.69, 9.17) is 9.72 Å². The van der Waals surface area contributed by atoms with E-state index in [2.05, 4.69) is 40.7 Å². The lowest BCUT2D eigenvalue weighted by Gasteiger charge is -2.38. The Morgan fingerprint density at radius 3 is 2.56 bits per heavy atom. The van der Waals surface area contributed by atoms with Gasteiger partial charge in [-0.15, -0.1) is 0 Å². The number of fused-ring (bicyclic) bond motifs is 1. The molecular formula is C25H27N5O2. The zero-order valence-corrected chi connectivity index (χ0v) is 18.6. The lowest BCUT2D eigenvalue weighted by molar-refractivity contribution is 0.0532. The molecule has 32 heavy (non-hydrogen) atoms. The van der Waals surface area contributed by atoms with Gasteiger partial charge in [-0.05, 0) is 61.1 Å². The predicted octanol–water partition coefficient (Wildman–Crippen LogP) is 3.48. The van der Waals surface area contributed by atoms with Crippen LogP contribution in [-0.2, 0) is 7.05 Å². The van der Waals surface area contributed by atoms with Gasteiger partial charge in [-0.1, -0.05) is 6.07 Å². The standard InChI is InChI=1S/C25H27N5O2/c1-27-13-5-7-22(27)25(31)29-15-14-28(2)23(17-29)20-16-30-21(6-4-8-24(30)26-20)18-9-11-19(32-3)12-10-18/h4-13,16,23H,14-15,17H2,1-3H3/t23-/m1/s1. The van der Waals surface area contributed by atoms with Gasteiger partial charge in [-0.2, -0.15) is 0 Å². The molecule has 1 aliphatic rings. The molecule has 1 saturated heterocycles. The van der Waals surface area contributed by atoms with Crippen molar-refractivity contribution in [1.29, 1.82) is 0 Å². The number of aromatic nitrogens is 3. The van der Waals surface area contributed by atoms with Gasteiger partial charge in [0.2, 0.25) is 0 Å². The van der Waals surface area contributed by atoms with Crippen molar-refractivity contribution in [3.05, 3.63) is 78.4 Å². The van der Waals surface area contributed by atoms with Crippen LogP contribution in [0.2, 0.25) is 0 Å². The third kappa shape index (κ3) is 3.54. The molecule has 1 aromatic carbocycles. The first-order chi connectivity index (χ1) is 15.5. The van der Waals surface area contributed by atoms with Crippen molar-refractivity contribution < 1.29 is 9.53 Å². The lowest BCUT2D eigenvalue weighted by atomic mass is 10.1. The zero-order valence-electron chi connectivity index (χ0n) is 18.6. The summed E-state index contributed by atoms with van der Waals surface area (Å²) in [5, 5.41) is 0. The van der Waals surface area contributed by atoms with Crippen LogP contribution < -0.4 is 4.74 Å². The van der Waals surface area contributed by atoms with Gasteiger partial charge in [0.15, 0.2) is 0 Å². The van der Waals surface area contributed by atoms with Crippen LogP contribution in [0.1, 0.15) is 22.2 Å². The molecule has 3 aromatic heterocycles. The van der Waals surface area contributed by atoms with Crippen LogP contribution in [-0.4, -0.2) is 63.5 Å². The number of methoxy groups -OCH3 is 1. The van der Waals surface area contributed by atoms with E-state index in [1.165, 1.54) is 0 Å². The molecule has 0 radical (unpaired) electrons. The van der Waals surface area contributed by atoms with Crippen molar-refractivity contribution in [2.24, 2.45) is 7.05 Å². The molecule has 7 nitrogen and oxygen atoms in total. The Morgan fingerprint density at radius 2 is 1.84 bits per heavy atom. The summed E-state index contributed by atoms with van der Waals surface area (Å²) in [6.07, 6.45) is 4.01. The average Bonchev–Trinajstić information content (AvgIpc) is 3.45. The van der Waals surface area contributed by atoms with E-state index in [9.17, 15) is 4.79 Å². The second-order valence-electron chi connectivity index (χ2n) is 8.29. The third-order valence-corrected chi connectivity index (χ3v) is 6.34. The Labute approximate surface area is 187 Å². The van der Waals surface area contributed by atoms with Crippen LogP contribution in [0.4, 0.5) is 0 Å². The summed E-state index contributed by atoms with van der Waals surface area (Å²) >= 11 is 0. The maximum atomic E-state index is 13.1. The lowest BCUT2D eigenvalue weighted by Crippen LogP contribution is -2.49. The minimum atomic E-state index is 0.0385. The molecule has 0 saturated carbocycles. The number of aryl methyl sites for hydroxylation is 1. The van der Waals surface area contributed by atoms with Gasteiger partial charge >= 0.3 is 0 Å². The highest BCUT2D eigenvalue weighted by Crippen LogP contribution is 2.28. The molecular weight excluding hydrogens is 402 g/mol. The van der Waals surface area contributed by atoms with Crippen molar-refractivity contribution in [3.63, 3.8) is 0 Å². The molecule has 0 bridgehead atoms. The number of likely N-dealkylation sites (N-methyl/N-ethyl adjacent to an activating group) is 1. The molecule has 5 rings (SSSR count). The van der Waals surface area contributed by atoms with Crippen LogP contribution >= 0.6 is 0 Å². The first kappa shape index (κ1) is 20.3. The molecule has 1 fully saturated rings. The number of nitrogens with zero attached hydrogens (tertiary/aromatic N) is 5. The predicted molar refractivity (Wildman–Crippen MR) is 124 cm³/mol. The van der Waals surface area contributed by atoms with E-state index in [0.29, 0.717) is 18.8 Å². The maximum absolute atomic E-state index is 13.1. The quantitative estimate of drug-likeness (QED) is 0.499. The van der Waals surface area contributed by atoms with E-state index >= 15 is 0 Å². The van der Waals surface area contributed by atoms with E-state index < -0.39 is 0 Å². The average molecular weight is 430 g/mol. The van der Waals surface area contributed by atoms with E-state index in [0.717, 1.165) is 34.9 Å². The van der Waals surface area contributed by atoms with Gasteiger partial charge in [-0.25, -0.2) is 4.98 Å². The summed E-state index contributed by atoms with van der Waals surface area (Å²) in [5.41, 5.74) is 4.74. The van der Waals surface area contributed by atoms with Gasteiger partial charge in [0.25, 0.3) is 5.91 Å². The van der Waals surface area contributed by atoms with Crippen LogP contribution in [0.15, 0.2) is 67.0 Å². The summed E-state index contributed by atoms with van der Waals surface area (Å²) in [4.78, 5) is 22.2. The number of hydrogen-bond acceptors (Lipinski definition) is 4. The number of rotatable bonds is 4. The summed E-state index contributed by atoms with van der Waals surface area (Å²) < 4.78 is 9.30. The fraction of sp³-hybridized carbons (Fsp3) is 0.280. The zero-order chi connectivity index (χ0) is 22.2. The van der Waals surface area contributed by atoms with Crippen LogP contribution in [0.3, 0.4) is 0 Å². The van der Waals surface area contributed by atoms with Crippen molar-refractivity contribution in [3.8, 4) is 17.0 Å². The SMILES string of the molecule is COc1ccc(-c2cccc3nc([C@H]4CN(C(=O)c5cccn5C)CCN4C)cn23)cc1. The summed E-state index contributed by atoms with van der Waals surface area (Å²) in [5.74, 6) is 0.900. The second-order valence-corrected chi connectivity index (χ2v) is 8.29. The summed E-state index contributed by atoms with van der Waals surface area (Å²) in [6.45, 7) is 2.13. The number of hydrogen-bond donors (Lipinski definition) is 0. The van der Waals surface area contributed by atoms with Crippen molar-refractivity contribution >= 4 is 11.6 Å². The van der Waals surface area contributed by atoms with Crippen LogP contribution in [0, 0.1) is 0 Å². The van der Waals surface area contributed by atoms with Gasteiger partial charge in [-0.3, -0.25) is 14.1 Å². The number of carbonyl (C=O) groups excluding carboxylic acids is 1. The molecule has 1 aliphatic heterocycles. The number of imidazole rings is 1. The topological polar surface area (TPSA) is 55.0 Å². The molecule has 0 spiro atoms. The Kier molecular flexibility index (Phi) is 5.19. The van der Waals surface area contributed by atoms with Crippen molar-refractivity contribution in [1.82, 2.24) is 23.8 Å². The fourth-order valence-electron chi connectivity index (χ4n) is 4.41. The third-order valence-electron chi connectivity index (χ3n) is 6.34. The molecule has 1 amide bonds. The number of benzene rings is 1. The molecule has 0 N–H and O–H groups in total. The van der Waals surface area contributed by atoms with Gasteiger partial charge in [0, 0.05) is 39.1 Å². The van der Waals surface area contributed by atoms with Gasteiger partial charge < -0.3 is 14.2 Å². The molecule has 0 unspecified atom stereocenters. The Morgan fingerprint density at radius 1 is 1.03 bits per heavy atom. The Balaban J connectivity index is 1.47. The largest absolute Gasteiger partial charge is 0.497 e. The minimum absolute atomic E-state index is 0.0385. The highest BCUT2D eigenvalue weighted by Gasteiger charge is 2.31. The van der Waals surface area contributed by atoms with E-state index in [1.807, 2.05) is 59.1 Å². The second kappa shape index (κ2) is 8.16. The smallest absolute Gasteiger partial charge is 0.270 e. The molecule has 7 heteroatoms. The van der Waals surface area contributed by atoms with Crippen molar-refractivity contribution in [2.75, 3.05) is 33.8 Å². The molecule has 0 aliphatic carbocycles. The highest BCUT2D eigenvalue weighted by atomic mass is 16.5. The van der Waals surface area contributed by atoms with Crippen LogP contribution in [0.25, 0.3) is 16.9 Å². The van der Waals surface area contributed by atoms with Crippen molar-refractivity contribution in [2.45, 2.75) is 6.04 Å². The number of amides is 1. The number of piperazine rings is 1. The molecule has 4 aromatic rings. The summed E-state index contributed by atoms with van der Waals surface area (Å²) in [7, 11) is 5.68. The Bertz CT molecular complexity index is 1260. The monoisotopic (exact) mass is 429 g/mol. The first-order valence-electron chi connectivity index (χ1n) is 10.8. The number of ether oxygens (including phenoxy) is 1. The normalized spacial score (nSPS) is 17.1. The van der Waals surface area contributed by atoms with E-state index in [1.54, 1.807) is 7.11 Å². The molecule has 4 heterocycles. The van der Waals surface area contributed by atoms with E-state index in [-0.39, 0.29) is 11.9 Å². The fourth-order valence-corrected chi connectivity index (χ4v) is 4.41. The molecule has 1 atom stereocenters. The summed E-state index contributed by atoms with van der Waals surface area (Å²) in [6, 6.07) is 18.0. The Hall–Kier alpha value is -3.58. The van der Waals surface area contributed by atoms with Gasteiger partial charge in [0.1, 0.15) is 17.1 Å². The van der Waals surface area contributed by atoms with Crippen LogP contribution in [0.5, 0.6) is 5.75 Å². The highest BCUT2D eigenvalue weighted by molar-refractivity contribution is 5.92.